The van der Waals surface area contributed by atoms with Crippen LogP contribution in [0.1, 0.15) is 17.0 Å². The molecule has 0 saturated carbocycles. The Hall–Kier alpha value is -2.68. The fourth-order valence-electron chi connectivity index (χ4n) is 1.81. The van der Waals surface area contributed by atoms with E-state index in [4.69, 9.17) is 5.73 Å². The Labute approximate surface area is 147 Å². The number of aryl methyl sites for hydroxylation is 1. The summed E-state index contributed by atoms with van der Waals surface area (Å²) in [5.74, 6) is -0.614. The summed E-state index contributed by atoms with van der Waals surface area (Å²) in [5, 5.41) is 0. The Balaban J connectivity index is 2.42. The van der Waals surface area contributed by atoms with Gasteiger partial charge in [0.15, 0.2) is 0 Å². The van der Waals surface area contributed by atoms with Crippen LogP contribution in [0.2, 0.25) is 0 Å². The van der Waals surface area contributed by atoms with Crippen molar-refractivity contribution in [3.05, 3.63) is 35.2 Å². The minimum Gasteiger partial charge on any atom is -0.368 e. The summed E-state index contributed by atoms with van der Waals surface area (Å²) < 4.78 is 101. The van der Waals surface area contributed by atoms with Crippen LogP contribution < -0.4 is 16.0 Å². The molecule has 1 aromatic carbocycles. The number of hydrogen-bond donors (Lipinski definition) is 3. The number of aromatic nitrogens is 3. The highest BCUT2D eigenvalue weighted by Crippen LogP contribution is 2.37. The molecule has 0 fully saturated rings. The number of nitrogens with two attached hydrogens (primary N) is 1. The van der Waals surface area contributed by atoms with Gasteiger partial charge in [-0.05, 0) is 25.1 Å². The van der Waals surface area contributed by atoms with Gasteiger partial charge >= 0.3 is 12.4 Å². The molecule has 0 bridgehead atoms. The quantitative estimate of drug-likeness (QED) is 0.515. The molecule has 0 saturated heterocycles. The van der Waals surface area contributed by atoms with Gasteiger partial charge in [0.2, 0.25) is 11.9 Å². The molecule has 0 radical (unpaired) electrons. The Bertz CT molecular complexity index is 907. The largest absolute Gasteiger partial charge is 0.416 e. The van der Waals surface area contributed by atoms with E-state index in [0.717, 1.165) is 0 Å². The van der Waals surface area contributed by atoms with Gasteiger partial charge in [0.1, 0.15) is 5.82 Å². The van der Waals surface area contributed by atoms with Crippen LogP contribution in [0.15, 0.2) is 23.1 Å². The van der Waals surface area contributed by atoms with E-state index in [1.54, 1.807) is 4.83 Å². The van der Waals surface area contributed by atoms with E-state index >= 15 is 0 Å². The summed E-state index contributed by atoms with van der Waals surface area (Å²) in [4.78, 5) is 11.1. The van der Waals surface area contributed by atoms with Crippen LogP contribution in [-0.2, 0) is 22.4 Å². The van der Waals surface area contributed by atoms with Gasteiger partial charge in [0.25, 0.3) is 10.0 Å². The number of nitrogens with zero attached hydrogens (tertiary/aromatic N) is 3. The Morgan fingerprint density at radius 1 is 0.926 bits per heavy atom. The van der Waals surface area contributed by atoms with Crippen molar-refractivity contribution in [3.8, 4) is 0 Å². The average Bonchev–Trinajstić information content (AvgIpc) is 2.50. The average molecular weight is 416 g/mol. The first-order valence-electron chi connectivity index (χ1n) is 6.74. The SMILES string of the molecule is Cc1nc(N)nc(NNS(=O)(=O)c2cc(C(F)(F)F)cc(C(F)(F)F)c2)n1. The van der Waals surface area contributed by atoms with Crippen molar-refractivity contribution in [1.82, 2.24) is 19.8 Å². The summed E-state index contributed by atoms with van der Waals surface area (Å²) >= 11 is 0. The molecule has 1 aromatic heterocycles. The van der Waals surface area contributed by atoms with Gasteiger partial charge in [-0.1, -0.05) is 0 Å². The fourth-order valence-corrected chi connectivity index (χ4v) is 2.72. The lowest BCUT2D eigenvalue weighted by atomic mass is 10.1. The zero-order valence-electron chi connectivity index (χ0n) is 13.1. The molecule has 4 N–H and O–H groups in total. The van der Waals surface area contributed by atoms with Crippen molar-refractivity contribution in [3.63, 3.8) is 0 Å². The number of alkyl halides is 6. The lowest BCUT2D eigenvalue weighted by Crippen LogP contribution is -2.31. The van der Waals surface area contributed by atoms with Gasteiger partial charge < -0.3 is 5.73 Å². The van der Waals surface area contributed by atoms with E-state index in [2.05, 4.69) is 15.0 Å². The molecule has 0 aliphatic heterocycles. The molecule has 0 spiro atoms. The summed E-state index contributed by atoms with van der Waals surface area (Å²) in [7, 11) is -4.85. The molecular weight excluding hydrogens is 406 g/mol. The molecule has 0 aliphatic carbocycles. The first kappa shape index (κ1) is 20.6. The standard InChI is InChI=1S/C12H10F6N6O2S/c1-5-20-9(19)22-10(21-5)23-24-27(25,26)8-3-6(11(13,14)15)2-7(4-8)12(16,17)18/h2-4,24H,1H3,(H3,19,20,21,22,23). The number of rotatable bonds is 4. The van der Waals surface area contributed by atoms with Crippen LogP contribution in [0.25, 0.3) is 0 Å². The number of anilines is 2. The molecule has 15 heteroatoms. The second kappa shape index (κ2) is 6.80. The fraction of sp³-hybridized carbons (Fsp3) is 0.250. The molecule has 0 unspecified atom stereocenters. The molecule has 1 heterocycles. The lowest BCUT2D eigenvalue weighted by Gasteiger charge is -2.15. The number of hydrazine groups is 1. The maximum absolute atomic E-state index is 12.8. The molecule has 2 aromatic rings. The van der Waals surface area contributed by atoms with Crippen LogP contribution in [0.3, 0.4) is 0 Å². The molecule has 0 aliphatic rings. The number of hydrogen-bond acceptors (Lipinski definition) is 7. The highest BCUT2D eigenvalue weighted by atomic mass is 32.2. The summed E-state index contributed by atoms with van der Waals surface area (Å²) in [6.45, 7) is 1.39. The second-order valence-electron chi connectivity index (χ2n) is 5.04. The van der Waals surface area contributed by atoms with Crippen LogP contribution in [0.4, 0.5) is 38.2 Å². The predicted molar refractivity (Wildman–Crippen MR) is 79.4 cm³/mol. The molecule has 27 heavy (non-hydrogen) atoms. The number of sulfonamides is 1. The third kappa shape index (κ3) is 5.16. The van der Waals surface area contributed by atoms with Crippen molar-refractivity contribution in [2.24, 2.45) is 0 Å². The number of halogens is 6. The Morgan fingerprint density at radius 3 is 1.89 bits per heavy atom. The van der Waals surface area contributed by atoms with Gasteiger partial charge in [-0.3, -0.25) is 5.43 Å². The van der Waals surface area contributed by atoms with E-state index in [1.165, 1.54) is 6.92 Å². The minimum atomic E-state index is -5.20. The van der Waals surface area contributed by atoms with E-state index < -0.39 is 44.3 Å². The Morgan fingerprint density at radius 2 is 1.44 bits per heavy atom. The van der Waals surface area contributed by atoms with E-state index in [0.29, 0.717) is 0 Å². The molecule has 148 valence electrons. The smallest absolute Gasteiger partial charge is 0.368 e. The summed E-state index contributed by atoms with van der Waals surface area (Å²) in [5.41, 5.74) is 3.70. The van der Waals surface area contributed by atoms with Crippen molar-refractivity contribution >= 4 is 21.9 Å². The number of benzene rings is 1. The van der Waals surface area contributed by atoms with Crippen LogP contribution in [-0.4, -0.2) is 23.4 Å². The third-order valence-corrected chi connectivity index (χ3v) is 4.16. The predicted octanol–water partition coefficient (Wildman–Crippen LogP) is 2.11. The van der Waals surface area contributed by atoms with Crippen LogP contribution in [0, 0.1) is 6.92 Å². The van der Waals surface area contributed by atoms with Crippen molar-refractivity contribution in [2.75, 3.05) is 11.2 Å². The topological polar surface area (TPSA) is 123 Å². The van der Waals surface area contributed by atoms with Crippen LogP contribution >= 0.6 is 0 Å². The van der Waals surface area contributed by atoms with Crippen molar-refractivity contribution < 1.29 is 34.8 Å². The zero-order valence-corrected chi connectivity index (χ0v) is 14.0. The van der Waals surface area contributed by atoms with E-state index in [-0.39, 0.29) is 30.0 Å². The molecule has 8 nitrogen and oxygen atoms in total. The minimum absolute atomic E-state index is 0.0618. The maximum atomic E-state index is 12.8. The summed E-state index contributed by atoms with van der Waals surface area (Å²) in [6, 6.07) is -0.0684. The van der Waals surface area contributed by atoms with Crippen LogP contribution in [0.5, 0.6) is 0 Å². The number of nitrogen functional groups attached to an aromatic ring is 1. The first-order valence-corrected chi connectivity index (χ1v) is 8.22. The third-order valence-electron chi connectivity index (χ3n) is 2.93. The van der Waals surface area contributed by atoms with Crippen molar-refractivity contribution in [2.45, 2.75) is 24.2 Å². The highest BCUT2D eigenvalue weighted by Gasteiger charge is 2.38. The lowest BCUT2D eigenvalue weighted by molar-refractivity contribution is -0.143. The first-order chi connectivity index (χ1) is 12.2. The molecule has 0 amide bonds. The molecule has 2 rings (SSSR count). The monoisotopic (exact) mass is 416 g/mol. The Kier molecular flexibility index (Phi) is 5.20. The van der Waals surface area contributed by atoms with Gasteiger partial charge in [-0.2, -0.15) is 41.3 Å². The van der Waals surface area contributed by atoms with E-state index in [9.17, 15) is 34.8 Å². The maximum Gasteiger partial charge on any atom is 0.416 e. The van der Waals surface area contributed by atoms with Gasteiger partial charge in [-0.15, -0.1) is 4.83 Å². The second-order valence-corrected chi connectivity index (χ2v) is 6.72. The van der Waals surface area contributed by atoms with Gasteiger partial charge in [-0.25, -0.2) is 8.42 Å². The highest BCUT2D eigenvalue weighted by molar-refractivity contribution is 7.89. The normalized spacial score (nSPS) is 12.9. The summed E-state index contributed by atoms with van der Waals surface area (Å²) in [6.07, 6.45) is -10.4. The van der Waals surface area contributed by atoms with Gasteiger partial charge in [0.05, 0.1) is 16.0 Å². The zero-order chi connectivity index (χ0) is 20.6. The molecule has 0 atom stereocenters. The van der Waals surface area contributed by atoms with Gasteiger partial charge in [0, 0.05) is 0 Å². The van der Waals surface area contributed by atoms with E-state index in [1.807, 2.05) is 5.43 Å². The van der Waals surface area contributed by atoms with Crippen molar-refractivity contribution in [1.29, 1.82) is 0 Å². The number of nitrogens with one attached hydrogen (secondary N) is 2. The molecular formula is C12H10F6N6O2S.